The first-order valence-electron chi connectivity index (χ1n) is 14.0. The van der Waals surface area contributed by atoms with Gasteiger partial charge in [-0.05, 0) is 82.6 Å². The van der Waals surface area contributed by atoms with Crippen LogP contribution in [0.15, 0.2) is 71.6 Å². The topological polar surface area (TPSA) is 114 Å². The zero-order chi connectivity index (χ0) is 32.7. The number of nitrogens with zero attached hydrogens (tertiary/aromatic N) is 2. The lowest BCUT2D eigenvalue weighted by atomic mass is 10.1. The lowest BCUT2D eigenvalue weighted by Crippen LogP contribution is -2.54. The van der Waals surface area contributed by atoms with Crippen molar-refractivity contribution in [3.05, 3.63) is 77.3 Å². The molecule has 3 aromatic carbocycles. The molecule has 1 N–H and O–H groups in total. The van der Waals surface area contributed by atoms with Crippen molar-refractivity contribution in [1.29, 1.82) is 0 Å². The number of hydrogen-bond donors (Lipinski definition) is 1. The highest BCUT2D eigenvalue weighted by atomic mass is 35.5. The first-order chi connectivity index (χ1) is 20.7. The first-order valence-corrected chi connectivity index (χ1v) is 15.9. The Morgan fingerprint density at radius 3 is 2.16 bits per heavy atom. The Balaban J connectivity index is 2.10. The molecule has 0 aliphatic heterocycles. The number of halogens is 1. The van der Waals surface area contributed by atoms with E-state index in [0.29, 0.717) is 28.7 Å². The predicted molar refractivity (Wildman–Crippen MR) is 171 cm³/mol. The van der Waals surface area contributed by atoms with Gasteiger partial charge in [0, 0.05) is 23.2 Å². The van der Waals surface area contributed by atoms with E-state index in [1.807, 2.05) is 27.7 Å². The molecule has 3 aromatic rings. The molecule has 0 heterocycles. The van der Waals surface area contributed by atoms with Crippen LogP contribution in [0.5, 0.6) is 17.2 Å². The molecule has 0 radical (unpaired) electrons. The van der Waals surface area contributed by atoms with Crippen LogP contribution in [0.3, 0.4) is 0 Å². The number of ether oxygens (including phenoxy) is 3. The van der Waals surface area contributed by atoms with Crippen LogP contribution in [0.1, 0.15) is 40.2 Å². The summed E-state index contributed by atoms with van der Waals surface area (Å²) in [5, 5.41) is 3.31. The van der Waals surface area contributed by atoms with Crippen molar-refractivity contribution in [2.24, 2.45) is 0 Å². The number of benzene rings is 3. The Bertz CT molecular complexity index is 1560. The Morgan fingerprint density at radius 2 is 1.59 bits per heavy atom. The van der Waals surface area contributed by atoms with Crippen molar-refractivity contribution in [3.63, 3.8) is 0 Å². The van der Waals surface area contributed by atoms with Gasteiger partial charge in [-0.2, -0.15) is 0 Å². The van der Waals surface area contributed by atoms with Gasteiger partial charge >= 0.3 is 0 Å². The summed E-state index contributed by atoms with van der Waals surface area (Å²) in [7, 11) is -1.49. The molecule has 0 aliphatic carbocycles. The molecule has 0 spiro atoms. The third kappa shape index (κ3) is 8.57. The highest BCUT2D eigenvalue weighted by Gasteiger charge is 2.34. The molecular formula is C32H40ClN3O7S. The number of carbonyl (C=O) groups is 2. The maximum absolute atomic E-state index is 14.2. The van der Waals surface area contributed by atoms with E-state index in [-0.39, 0.29) is 22.9 Å². The van der Waals surface area contributed by atoms with Crippen LogP contribution in [-0.4, -0.2) is 64.1 Å². The number of rotatable bonds is 13. The summed E-state index contributed by atoms with van der Waals surface area (Å²) in [6, 6.07) is 16.6. The molecule has 0 unspecified atom stereocenters. The normalized spacial score (nSPS) is 12.2. The second-order valence-corrected chi connectivity index (χ2v) is 13.3. The van der Waals surface area contributed by atoms with E-state index in [9.17, 15) is 18.0 Å². The molecule has 0 saturated heterocycles. The van der Waals surface area contributed by atoms with Gasteiger partial charge in [-0.1, -0.05) is 29.8 Å². The van der Waals surface area contributed by atoms with E-state index in [0.717, 1.165) is 4.31 Å². The van der Waals surface area contributed by atoms with E-state index in [1.54, 1.807) is 55.5 Å². The van der Waals surface area contributed by atoms with E-state index >= 15 is 0 Å². The number of nitrogens with one attached hydrogen (secondary N) is 1. The van der Waals surface area contributed by atoms with Gasteiger partial charge < -0.3 is 24.4 Å². The number of hydrogen-bond acceptors (Lipinski definition) is 7. The van der Waals surface area contributed by atoms with Gasteiger partial charge in [0.1, 0.15) is 18.3 Å². The summed E-state index contributed by atoms with van der Waals surface area (Å²) in [6.45, 7) is 8.73. The fraction of sp³-hybridized carbons (Fsp3) is 0.375. The van der Waals surface area contributed by atoms with Crippen molar-refractivity contribution < 1.29 is 32.2 Å². The fourth-order valence-electron chi connectivity index (χ4n) is 4.38. The van der Waals surface area contributed by atoms with E-state index in [4.69, 9.17) is 25.8 Å². The quantitative estimate of drug-likeness (QED) is 0.269. The lowest BCUT2D eigenvalue weighted by Gasteiger charge is -2.33. The van der Waals surface area contributed by atoms with Gasteiger partial charge in [0.2, 0.25) is 11.8 Å². The number of amides is 2. The van der Waals surface area contributed by atoms with Crippen LogP contribution >= 0.6 is 11.6 Å². The molecular weight excluding hydrogens is 606 g/mol. The van der Waals surface area contributed by atoms with Gasteiger partial charge in [0.15, 0.2) is 11.5 Å². The molecule has 238 valence electrons. The third-order valence-corrected chi connectivity index (χ3v) is 8.76. The second-order valence-electron chi connectivity index (χ2n) is 11.0. The van der Waals surface area contributed by atoms with Crippen LogP contribution in [-0.2, 0) is 26.2 Å². The Hall–Kier alpha value is -3.96. The highest BCUT2D eigenvalue weighted by Crippen LogP contribution is 2.33. The number of anilines is 1. The summed E-state index contributed by atoms with van der Waals surface area (Å²) < 4.78 is 45.5. The molecule has 44 heavy (non-hydrogen) atoms. The zero-order valence-corrected chi connectivity index (χ0v) is 27.7. The predicted octanol–water partition coefficient (Wildman–Crippen LogP) is 5.28. The summed E-state index contributed by atoms with van der Waals surface area (Å²) in [6.07, 6.45) is 0. The molecule has 0 fully saturated rings. The van der Waals surface area contributed by atoms with Crippen LogP contribution in [0, 0.1) is 0 Å². The largest absolute Gasteiger partial charge is 0.494 e. The van der Waals surface area contributed by atoms with Crippen molar-refractivity contribution in [3.8, 4) is 17.2 Å². The molecule has 12 heteroatoms. The SMILES string of the molecule is CCOc1ccc(N(CC(=O)N(Cc2ccccc2Cl)[C@H](C)C(=O)NC(C)(C)C)S(=O)(=O)c2ccc(OC)c(OC)c2)cc1. The van der Waals surface area contributed by atoms with Gasteiger partial charge in [0.05, 0.1) is 31.4 Å². The Morgan fingerprint density at radius 1 is 0.955 bits per heavy atom. The maximum Gasteiger partial charge on any atom is 0.264 e. The molecule has 1 atom stereocenters. The summed E-state index contributed by atoms with van der Waals surface area (Å²) in [4.78, 5) is 28.6. The molecule has 10 nitrogen and oxygen atoms in total. The van der Waals surface area contributed by atoms with Crippen molar-refractivity contribution >= 4 is 39.1 Å². The average molecular weight is 646 g/mol. The van der Waals surface area contributed by atoms with Crippen molar-refractivity contribution in [2.45, 2.75) is 57.6 Å². The van der Waals surface area contributed by atoms with Gasteiger partial charge in [-0.3, -0.25) is 13.9 Å². The van der Waals surface area contributed by atoms with Gasteiger partial charge in [-0.25, -0.2) is 8.42 Å². The molecule has 0 aromatic heterocycles. The van der Waals surface area contributed by atoms with Crippen molar-refractivity contribution in [2.75, 3.05) is 31.7 Å². The Labute approximate surface area is 264 Å². The lowest BCUT2D eigenvalue weighted by molar-refractivity contribution is -0.140. The van der Waals surface area contributed by atoms with E-state index in [2.05, 4.69) is 5.32 Å². The highest BCUT2D eigenvalue weighted by molar-refractivity contribution is 7.92. The molecule has 3 rings (SSSR count). The Kier molecular flexibility index (Phi) is 11.5. The van der Waals surface area contributed by atoms with Gasteiger partial charge in [-0.15, -0.1) is 0 Å². The summed E-state index contributed by atoms with van der Waals surface area (Å²) >= 11 is 6.43. The maximum atomic E-state index is 14.2. The monoisotopic (exact) mass is 645 g/mol. The molecule has 2 amide bonds. The minimum atomic E-state index is -4.34. The van der Waals surface area contributed by atoms with E-state index < -0.39 is 40.0 Å². The summed E-state index contributed by atoms with van der Waals surface area (Å²) in [5.41, 5.74) is 0.268. The number of sulfonamides is 1. The van der Waals surface area contributed by atoms with Crippen LogP contribution in [0.4, 0.5) is 5.69 Å². The first kappa shape index (κ1) is 34.5. The van der Waals surface area contributed by atoms with E-state index in [1.165, 1.54) is 37.3 Å². The molecule has 0 bridgehead atoms. The smallest absolute Gasteiger partial charge is 0.264 e. The number of carbonyl (C=O) groups excluding carboxylic acids is 2. The molecule has 0 aliphatic rings. The van der Waals surface area contributed by atoms with Gasteiger partial charge in [0.25, 0.3) is 10.0 Å². The summed E-state index contributed by atoms with van der Waals surface area (Å²) in [5.74, 6) is 0.0886. The molecule has 0 saturated carbocycles. The van der Waals surface area contributed by atoms with Crippen LogP contribution in [0.2, 0.25) is 5.02 Å². The third-order valence-electron chi connectivity index (χ3n) is 6.62. The minimum Gasteiger partial charge on any atom is -0.494 e. The van der Waals surface area contributed by atoms with Crippen LogP contribution in [0.25, 0.3) is 0 Å². The van der Waals surface area contributed by atoms with Crippen LogP contribution < -0.4 is 23.8 Å². The standard InChI is InChI=1S/C32H40ClN3O7S/c1-8-43-25-15-13-24(14-16-25)36(44(39,40)26-17-18-28(41-6)29(19-26)42-7)21-30(37)35(20-23-11-9-10-12-27(23)33)22(2)31(38)34-32(3,4)5/h9-19,22H,8,20-21H2,1-7H3,(H,34,38)/t22-/m1/s1. The fourth-order valence-corrected chi connectivity index (χ4v) is 6.00. The average Bonchev–Trinajstić information content (AvgIpc) is 2.98. The second kappa shape index (κ2) is 14.7. The minimum absolute atomic E-state index is 0.0231. The number of methoxy groups -OCH3 is 2. The zero-order valence-electron chi connectivity index (χ0n) is 26.1. The van der Waals surface area contributed by atoms with Crippen molar-refractivity contribution in [1.82, 2.24) is 10.2 Å².